The quantitative estimate of drug-likeness (QED) is 0.717. The van der Waals surface area contributed by atoms with Crippen molar-refractivity contribution in [1.29, 1.82) is 0 Å². The first-order valence-electron chi connectivity index (χ1n) is 8.36. The first kappa shape index (κ1) is 17.7. The van der Waals surface area contributed by atoms with E-state index in [2.05, 4.69) is 15.5 Å². The summed E-state index contributed by atoms with van der Waals surface area (Å²) in [5.74, 6) is -0.897. The summed E-state index contributed by atoms with van der Waals surface area (Å²) in [4.78, 5) is 27.5. The van der Waals surface area contributed by atoms with Gasteiger partial charge in [0.1, 0.15) is 10.8 Å². The van der Waals surface area contributed by atoms with Crippen LogP contribution in [0.2, 0.25) is 0 Å². The molecular weight excluding hydrogens is 387 g/mol. The van der Waals surface area contributed by atoms with Crippen molar-refractivity contribution >= 4 is 40.2 Å². The van der Waals surface area contributed by atoms with Crippen molar-refractivity contribution in [3.8, 4) is 0 Å². The molecule has 2 amide bonds. The van der Waals surface area contributed by atoms with Gasteiger partial charge in [-0.25, -0.2) is 4.39 Å². The van der Waals surface area contributed by atoms with E-state index in [0.29, 0.717) is 22.1 Å². The number of likely N-dealkylation sites (tertiary alicyclic amines) is 1. The van der Waals surface area contributed by atoms with E-state index in [4.69, 9.17) is 0 Å². The monoisotopic (exact) mass is 402 g/mol. The smallest absolute Gasteiger partial charge is 0.286 e. The Bertz CT molecular complexity index is 973. The number of halogens is 1. The highest BCUT2D eigenvalue weighted by atomic mass is 32.1. The SMILES string of the molecule is O=C(Nc1cccc(F)c1)c1nnc(C2CCCN2C(=O)c2cccs2)s1. The fourth-order valence-corrected chi connectivity index (χ4v) is 4.59. The third-order valence-electron chi connectivity index (χ3n) is 4.25. The number of carbonyl (C=O) groups is 2. The van der Waals surface area contributed by atoms with Gasteiger partial charge in [-0.05, 0) is 42.5 Å². The second-order valence-electron chi connectivity index (χ2n) is 6.04. The van der Waals surface area contributed by atoms with Gasteiger partial charge in [-0.2, -0.15) is 0 Å². The van der Waals surface area contributed by atoms with Gasteiger partial charge >= 0.3 is 0 Å². The molecule has 0 spiro atoms. The molecule has 1 aliphatic rings. The summed E-state index contributed by atoms with van der Waals surface area (Å²) >= 11 is 2.57. The number of benzene rings is 1. The first-order chi connectivity index (χ1) is 13.1. The van der Waals surface area contributed by atoms with Crippen LogP contribution in [0.1, 0.15) is 43.4 Å². The lowest BCUT2D eigenvalue weighted by Crippen LogP contribution is -2.29. The summed E-state index contributed by atoms with van der Waals surface area (Å²) < 4.78 is 13.3. The number of amides is 2. The summed E-state index contributed by atoms with van der Waals surface area (Å²) in [5.41, 5.74) is 0.354. The van der Waals surface area contributed by atoms with Gasteiger partial charge in [-0.1, -0.05) is 23.5 Å². The van der Waals surface area contributed by atoms with Crippen molar-refractivity contribution in [3.63, 3.8) is 0 Å². The molecular formula is C18H15FN4O2S2. The van der Waals surface area contributed by atoms with Crippen molar-refractivity contribution in [2.24, 2.45) is 0 Å². The zero-order valence-electron chi connectivity index (χ0n) is 14.1. The highest BCUT2D eigenvalue weighted by Crippen LogP contribution is 2.35. The zero-order valence-corrected chi connectivity index (χ0v) is 15.7. The molecule has 0 radical (unpaired) electrons. The normalized spacial score (nSPS) is 16.5. The van der Waals surface area contributed by atoms with Crippen LogP contribution >= 0.6 is 22.7 Å². The van der Waals surface area contributed by atoms with Crippen molar-refractivity contribution in [1.82, 2.24) is 15.1 Å². The summed E-state index contributed by atoms with van der Waals surface area (Å²) in [6.07, 6.45) is 1.67. The highest BCUT2D eigenvalue weighted by Gasteiger charge is 2.34. The molecule has 0 aliphatic carbocycles. The molecule has 0 saturated carbocycles. The van der Waals surface area contributed by atoms with Crippen LogP contribution in [0.15, 0.2) is 41.8 Å². The van der Waals surface area contributed by atoms with Crippen LogP contribution in [0.3, 0.4) is 0 Å². The minimum atomic E-state index is -0.446. The third-order valence-corrected chi connectivity index (χ3v) is 6.13. The summed E-state index contributed by atoms with van der Waals surface area (Å²) in [5, 5.41) is 13.4. The molecule has 3 aromatic rings. The van der Waals surface area contributed by atoms with Gasteiger partial charge < -0.3 is 10.2 Å². The fraction of sp³-hybridized carbons (Fsp3) is 0.222. The van der Waals surface area contributed by atoms with Crippen LogP contribution in [-0.2, 0) is 0 Å². The van der Waals surface area contributed by atoms with Crippen LogP contribution in [0, 0.1) is 5.82 Å². The van der Waals surface area contributed by atoms with E-state index in [1.165, 1.54) is 29.5 Å². The van der Waals surface area contributed by atoms with Gasteiger partial charge in [0.25, 0.3) is 11.8 Å². The number of nitrogens with zero attached hydrogens (tertiary/aromatic N) is 3. The van der Waals surface area contributed by atoms with Gasteiger partial charge in [0.05, 0.1) is 10.9 Å². The van der Waals surface area contributed by atoms with Gasteiger partial charge in [0.15, 0.2) is 0 Å². The summed E-state index contributed by atoms with van der Waals surface area (Å²) in [7, 11) is 0. The van der Waals surface area contributed by atoms with Crippen LogP contribution in [0.4, 0.5) is 10.1 Å². The zero-order chi connectivity index (χ0) is 18.8. The minimum absolute atomic E-state index is 0.0199. The van der Waals surface area contributed by atoms with Crippen molar-refractivity contribution in [2.75, 3.05) is 11.9 Å². The number of hydrogen-bond acceptors (Lipinski definition) is 6. The van der Waals surface area contributed by atoms with E-state index < -0.39 is 11.7 Å². The Labute approximate surface area is 162 Å². The lowest BCUT2D eigenvalue weighted by atomic mass is 10.2. The standard InChI is InChI=1S/C18H15FN4O2S2/c19-11-4-1-5-12(10-11)20-15(24)17-22-21-16(27-17)13-6-2-8-23(13)18(25)14-7-3-9-26-14/h1,3-5,7,9-10,13H,2,6,8H2,(H,20,24). The molecule has 3 heterocycles. The molecule has 138 valence electrons. The molecule has 9 heteroatoms. The van der Waals surface area contributed by atoms with Crippen LogP contribution in [0.5, 0.6) is 0 Å². The molecule has 1 fully saturated rings. The average molecular weight is 402 g/mol. The second kappa shape index (κ2) is 7.53. The predicted octanol–water partition coefficient (Wildman–Crippen LogP) is 3.97. The Morgan fingerprint density at radius 2 is 2.11 bits per heavy atom. The molecule has 1 atom stereocenters. The molecule has 0 bridgehead atoms. The Morgan fingerprint density at radius 1 is 1.22 bits per heavy atom. The summed E-state index contributed by atoms with van der Waals surface area (Å²) in [6, 6.07) is 9.14. The second-order valence-corrected chi connectivity index (χ2v) is 8.00. The maximum absolute atomic E-state index is 13.3. The Kier molecular flexibility index (Phi) is 4.95. The third kappa shape index (κ3) is 3.74. The fourth-order valence-electron chi connectivity index (χ4n) is 3.02. The first-order valence-corrected chi connectivity index (χ1v) is 10.1. The number of nitrogens with one attached hydrogen (secondary N) is 1. The number of aromatic nitrogens is 2. The molecule has 4 rings (SSSR count). The van der Waals surface area contributed by atoms with Gasteiger partial charge in [-0.15, -0.1) is 21.5 Å². The average Bonchev–Trinajstić information content (AvgIpc) is 3.41. The van der Waals surface area contributed by atoms with Crippen molar-refractivity contribution in [2.45, 2.75) is 18.9 Å². The minimum Gasteiger partial charge on any atom is -0.328 e. The lowest BCUT2D eigenvalue weighted by molar-refractivity contribution is 0.0739. The highest BCUT2D eigenvalue weighted by molar-refractivity contribution is 7.13. The Balaban J connectivity index is 1.49. The van der Waals surface area contributed by atoms with E-state index in [1.807, 2.05) is 11.4 Å². The number of thiophene rings is 1. The Hall–Kier alpha value is -2.65. The topological polar surface area (TPSA) is 75.2 Å². The van der Waals surface area contributed by atoms with E-state index in [0.717, 1.165) is 24.2 Å². The molecule has 6 nitrogen and oxygen atoms in total. The van der Waals surface area contributed by atoms with E-state index in [9.17, 15) is 14.0 Å². The van der Waals surface area contributed by atoms with Gasteiger partial charge in [0.2, 0.25) is 5.01 Å². The Morgan fingerprint density at radius 3 is 2.89 bits per heavy atom. The van der Waals surface area contributed by atoms with E-state index >= 15 is 0 Å². The summed E-state index contributed by atoms with van der Waals surface area (Å²) in [6.45, 7) is 0.659. The van der Waals surface area contributed by atoms with Crippen molar-refractivity contribution in [3.05, 3.63) is 62.5 Å². The number of carbonyl (C=O) groups excluding carboxylic acids is 2. The molecule has 2 aromatic heterocycles. The molecule has 1 unspecified atom stereocenters. The number of hydrogen-bond donors (Lipinski definition) is 1. The van der Waals surface area contributed by atoms with Crippen LogP contribution < -0.4 is 5.32 Å². The van der Waals surface area contributed by atoms with Crippen LogP contribution in [0.25, 0.3) is 0 Å². The largest absolute Gasteiger partial charge is 0.328 e. The molecule has 1 aliphatic heterocycles. The number of rotatable bonds is 4. The van der Waals surface area contributed by atoms with Gasteiger partial charge in [0, 0.05) is 12.2 Å². The molecule has 1 aromatic carbocycles. The lowest BCUT2D eigenvalue weighted by Gasteiger charge is -2.21. The van der Waals surface area contributed by atoms with E-state index in [-0.39, 0.29) is 17.0 Å². The molecule has 27 heavy (non-hydrogen) atoms. The maximum Gasteiger partial charge on any atom is 0.286 e. The maximum atomic E-state index is 13.3. The van der Waals surface area contributed by atoms with Gasteiger partial charge in [-0.3, -0.25) is 9.59 Å². The predicted molar refractivity (Wildman–Crippen MR) is 102 cm³/mol. The van der Waals surface area contributed by atoms with E-state index in [1.54, 1.807) is 17.0 Å². The van der Waals surface area contributed by atoms with Crippen molar-refractivity contribution < 1.29 is 14.0 Å². The molecule has 1 saturated heterocycles. The molecule has 1 N–H and O–H groups in total. The van der Waals surface area contributed by atoms with Crippen LogP contribution in [-0.4, -0.2) is 33.5 Å². The number of anilines is 1.